The minimum absolute atomic E-state index is 0.221. The Morgan fingerprint density at radius 2 is 2.09 bits per heavy atom. The molecule has 0 amide bonds. The monoisotopic (exact) mass is 379 g/mol. The number of aromatic nitrogens is 1. The molecule has 0 radical (unpaired) electrons. The van der Waals surface area contributed by atoms with Gasteiger partial charge >= 0.3 is 5.97 Å². The van der Waals surface area contributed by atoms with Gasteiger partial charge in [0.05, 0.1) is 18.0 Å². The molecule has 1 aromatic heterocycles. The molecule has 1 heterocycles. The van der Waals surface area contributed by atoms with Crippen LogP contribution in [0.3, 0.4) is 0 Å². The minimum atomic E-state index is -0.325. The first-order chi connectivity index (χ1) is 10.5. The van der Waals surface area contributed by atoms with Gasteiger partial charge in [0.1, 0.15) is 0 Å². The third-order valence-corrected chi connectivity index (χ3v) is 4.90. The van der Waals surface area contributed by atoms with Crippen LogP contribution in [0.4, 0.5) is 0 Å². The lowest BCUT2D eigenvalue weighted by Crippen LogP contribution is -2.13. The first kappa shape index (κ1) is 15.4. The fourth-order valence-electron chi connectivity index (χ4n) is 2.65. The van der Waals surface area contributed by atoms with E-state index in [1.807, 2.05) is 44.2 Å². The Balaban J connectivity index is 2.17. The molecule has 1 N–H and O–H groups in total. The van der Waals surface area contributed by atoms with Gasteiger partial charge < -0.3 is 9.72 Å². The number of hydrogen-bond donors (Lipinski definition) is 1. The zero-order valence-corrected chi connectivity index (χ0v) is 14.6. The number of H-pyrrole nitrogens is 1. The summed E-state index contributed by atoms with van der Waals surface area (Å²) < 4.78 is 6.00. The molecule has 22 heavy (non-hydrogen) atoms. The van der Waals surface area contributed by atoms with E-state index in [1.54, 1.807) is 0 Å². The molecule has 0 aliphatic carbocycles. The van der Waals surface area contributed by atoms with Crippen molar-refractivity contribution in [1.82, 2.24) is 4.98 Å². The van der Waals surface area contributed by atoms with Crippen molar-refractivity contribution in [2.75, 3.05) is 6.61 Å². The minimum Gasteiger partial charge on any atom is -0.466 e. The SMILES string of the molecule is CCOC(=O)C(C)c1ccc2c([nH]c3ccc(Cl)cc32)c1Br. The molecule has 0 bridgehead atoms. The van der Waals surface area contributed by atoms with Crippen molar-refractivity contribution in [3.05, 3.63) is 45.4 Å². The molecule has 3 rings (SSSR count). The topological polar surface area (TPSA) is 42.1 Å². The van der Waals surface area contributed by atoms with E-state index in [0.717, 1.165) is 31.8 Å². The van der Waals surface area contributed by atoms with Crippen LogP contribution in [-0.4, -0.2) is 17.6 Å². The average Bonchev–Trinajstić information content (AvgIpc) is 2.86. The van der Waals surface area contributed by atoms with Gasteiger partial charge in [-0.15, -0.1) is 0 Å². The molecule has 0 saturated carbocycles. The summed E-state index contributed by atoms with van der Waals surface area (Å²) in [5.41, 5.74) is 2.88. The highest BCUT2D eigenvalue weighted by molar-refractivity contribution is 9.10. The van der Waals surface area contributed by atoms with Crippen LogP contribution in [0.15, 0.2) is 34.8 Å². The number of rotatable bonds is 3. The molecule has 0 spiro atoms. The van der Waals surface area contributed by atoms with Crippen LogP contribution >= 0.6 is 27.5 Å². The number of carbonyl (C=O) groups is 1. The van der Waals surface area contributed by atoms with E-state index in [2.05, 4.69) is 20.9 Å². The van der Waals surface area contributed by atoms with Gasteiger partial charge in [0, 0.05) is 25.8 Å². The van der Waals surface area contributed by atoms with Gasteiger partial charge in [-0.3, -0.25) is 4.79 Å². The number of benzene rings is 2. The maximum Gasteiger partial charge on any atom is 0.313 e. The van der Waals surface area contributed by atoms with Gasteiger partial charge in [-0.1, -0.05) is 23.7 Å². The molecule has 0 saturated heterocycles. The third-order valence-electron chi connectivity index (χ3n) is 3.81. The van der Waals surface area contributed by atoms with Gasteiger partial charge in [-0.25, -0.2) is 0 Å². The lowest BCUT2D eigenvalue weighted by atomic mass is 9.99. The van der Waals surface area contributed by atoms with Gasteiger partial charge in [0.2, 0.25) is 0 Å². The number of hydrogen-bond acceptors (Lipinski definition) is 2. The highest BCUT2D eigenvalue weighted by atomic mass is 79.9. The lowest BCUT2D eigenvalue weighted by molar-refractivity contribution is -0.144. The zero-order chi connectivity index (χ0) is 15.9. The Morgan fingerprint density at radius 1 is 1.32 bits per heavy atom. The van der Waals surface area contributed by atoms with E-state index in [-0.39, 0.29) is 11.9 Å². The molecule has 0 fully saturated rings. The van der Waals surface area contributed by atoms with E-state index >= 15 is 0 Å². The number of esters is 1. The average molecular weight is 381 g/mol. The number of fused-ring (bicyclic) bond motifs is 3. The number of nitrogens with one attached hydrogen (secondary N) is 1. The number of ether oxygens (including phenoxy) is 1. The van der Waals surface area contributed by atoms with Crippen LogP contribution in [0.25, 0.3) is 21.8 Å². The Kier molecular flexibility index (Phi) is 4.15. The van der Waals surface area contributed by atoms with Crippen LogP contribution in [0, 0.1) is 0 Å². The van der Waals surface area contributed by atoms with Crippen molar-refractivity contribution in [3.8, 4) is 0 Å². The van der Waals surface area contributed by atoms with E-state index in [0.29, 0.717) is 11.6 Å². The summed E-state index contributed by atoms with van der Waals surface area (Å²) in [6.07, 6.45) is 0. The van der Waals surface area contributed by atoms with E-state index in [4.69, 9.17) is 16.3 Å². The predicted octanol–water partition coefficient (Wildman–Crippen LogP) is 5.40. The van der Waals surface area contributed by atoms with Gasteiger partial charge in [-0.05, 0) is 53.5 Å². The summed E-state index contributed by atoms with van der Waals surface area (Å²) >= 11 is 9.71. The molecule has 3 aromatic rings. The largest absolute Gasteiger partial charge is 0.466 e. The van der Waals surface area contributed by atoms with Crippen LogP contribution in [0.2, 0.25) is 5.02 Å². The Hall–Kier alpha value is -1.52. The fraction of sp³-hybridized carbons (Fsp3) is 0.235. The quantitative estimate of drug-likeness (QED) is 0.618. The smallest absolute Gasteiger partial charge is 0.313 e. The summed E-state index contributed by atoms with van der Waals surface area (Å²) in [5, 5.41) is 2.84. The summed E-state index contributed by atoms with van der Waals surface area (Å²) in [4.78, 5) is 15.4. The van der Waals surface area contributed by atoms with Gasteiger partial charge in [0.25, 0.3) is 0 Å². The van der Waals surface area contributed by atoms with Gasteiger partial charge in [0.15, 0.2) is 0 Å². The van der Waals surface area contributed by atoms with Crippen LogP contribution in [0.5, 0.6) is 0 Å². The van der Waals surface area contributed by atoms with Crippen LogP contribution in [-0.2, 0) is 9.53 Å². The van der Waals surface area contributed by atoms with Crippen molar-refractivity contribution in [2.45, 2.75) is 19.8 Å². The van der Waals surface area contributed by atoms with Crippen molar-refractivity contribution in [2.24, 2.45) is 0 Å². The van der Waals surface area contributed by atoms with Gasteiger partial charge in [-0.2, -0.15) is 0 Å². The summed E-state index contributed by atoms with van der Waals surface area (Å²) in [6.45, 7) is 4.04. The molecule has 0 aliphatic heterocycles. The molecule has 5 heteroatoms. The normalized spacial score (nSPS) is 12.7. The van der Waals surface area contributed by atoms with Crippen molar-refractivity contribution < 1.29 is 9.53 Å². The Bertz CT molecular complexity index is 872. The summed E-state index contributed by atoms with van der Waals surface area (Å²) in [6, 6.07) is 9.73. The molecule has 114 valence electrons. The second-order valence-electron chi connectivity index (χ2n) is 5.18. The standard InChI is InChI=1S/C17H15BrClNO2/c1-3-22-17(21)9(2)11-5-6-12-13-8-10(19)4-7-14(13)20-16(12)15(11)18/h4-9,20H,3H2,1-2H3. The van der Waals surface area contributed by atoms with E-state index in [1.165, 1.54) is 0 Å². The zero-order valence-electron chi connectivity index (χ0n) is 12.2. The predicted molar refractivity (Wildman–Crippen MR) is 93.6 cm³/mol. The van der Waals surface area contributed by atoms with E-state index in [9.17, 15) is 4.79 Å². The first-order valence-corrected chi connectivity index (χ1v) is 8.26. The molecule has 2 aromatic carbocycles. The first-order valence-electron chi connectivity index (χ1n) is 7.09. The van der Waals surface area contributed by atoms with Crippen LogP contribution < -0.4 is 0 Å². The second-order valence-corrected chi connectivity index (χ2v) is 6.41. The number of aromatic amines is 1. The molecule has 1 atom stereocenters. The highest BCUT2D eigenvalue weighted by Gasteiger charge is 2.21. The van der Waals surface area contributed by atoms with Crippen LogP contribution in [0.1, 0.15) is 25.3 Å². The van der Waals surface area contributed by atoms with E-state index < -0.39 is 0 Å². The molecular weight excluding hydrogens is 366 g/mol. The van der Waals surface area contributed by atoms with Crippen molar-refractivity contribution >= 4 is 55.3 Å². The fourth-order valence-corrected chi connectivity index (χ4v) is 3.61. The third kappa shape index (κ3) is 2.50. The van der Waals surface area contributed by atoms with Crippen molar-refractivity contribution in [1.29, 1.82) is 0 Å². The molecular formula is C17H15BrClNO2. The Labute approximate surface area is 141 Å². The number of carbonyl (C=O) groups excluding carboxylic acids is 1. The Morgan fingerprint density at radius 3 is 2.82 bits per heavy atom. The summed E-state index contributed by atoms with van der Waals surface area (Å²) in [7, 11) is 0. The molecule has 1 unspecified atom stereocenters. The highest BCUT2D eigenvalue weighted by Crippen LogP contribution is 2.36. The maximum atomic E-state index is 12.0. The second kappa shape index (κ2) is 5.94. The number of halogens is 2. The molecule has 3 nitrogen and oxygen atoms in total. The summed E-state index contributed by atoms with van der Waals surface area (Å²) in [5.74, 6) is -0.546. The lowest BCUT2D eigenvalue weighted by Gasteiger charge is -2.13. The maximum absolute atomic E-state index is 12.0. The molecule has 0 aliphatic rings. The van der Waals surface area contributed by atoms with Crippen molar-refractivity contribution in [3.63, 3.8) is 0 Å².